The number of hydrogen-bond acceptors (Lipinski definition) is 5. The maximum Gasteiger partial charge on any atom is 0.358 e. The summed E-state index contributed by atoms with van der Waals surface area (Å²) in [4.78, 5) is 15.1. The van der Waals surface area contributed by atoms with Crippen molar-refractivity contribution in [1.29, 1.82) is 0 Å². The number of aldehydes is 1. The molecule has 0 unspecified atom stereocenters. The van der Waals surface area contributed by atoms with Crippen LogP contribution in [0.4, 0.5) is 0 Å². The average Bonchev–Trinajstić information content (AvgIpc) is 2.85. The van der Waals surface area contributed by atoms with Gasteiger partial charge in [0, 0.05) is 28.7 Å². The third-order valence-corrected chi connectivity index (χ3v) is 4.87. The fourth-order valence-electron chi connectivity index (χ4n) is 2.37. The first-order valence-corrected chi connectivity index (χ1v) is 9.32. The molecule has 0 fully saturated rings. The minimum Gasteiger partial charge on any atom is -0.378 e. The molecule has 0 aliphatic rings. The van der Waals surface area contributed by atoms with Crippen molar-refractivity contribution in [2.24, 2.45) is 0 Å². The van der Waals surface area contributed by atoms with Gasteiger partial charge in [-0.25, -0.2) is 4.98 Å². The Labute approximate surface area is 150 Å². The summed E-state index contributed by atoms with van der Waals surface area (Å²) in [6, 6.07) is 4.12. The highest BCUT2D eigenvalue weighted by atomic mass is 35.5. The van der Waals surface area contributed by atoms with Crippen LogP contribution in [-0.4, -0.2) is 24.3 Å². The van der Waals surface area contributed by atoms with Gasteiger partial charge in [0.05, 0.1) is 5.69 Å². The second kappa shape index (κ2) is 7.13. The molecular weight excluding hydrogens is 375 g/mol. The summed E-state index contributed by atoms with van der Waals surface area (Å²) in [5, 5.41) is 0.200. The van der Waals surface area contributed by atoms with Crippen molar-refractivity contribution >= 4 is 39.6 Å². The van der Waals surface area contributed by atoms with Gasteiger partial charge in [0.2, 0.25) is 5.03 Å². The van der Waals surface area contributed by atoms with E-state index in [1.54, 1.807) is 11.5 Å². The lowest BCUT2D eigenvalue weighted by Gasteiger charge is -2.12. The van der Waals surface area contributed by atoms with Gasteiger partial charge in [0.15, 0.2) is 12.1 Å². The van der Waals surface area contributed by atoms with Gasteiger partial charge >= 0.3 is 10.1 Å². The summed E-state index contributed by atoms with van der Waals surface area (Å²) in [7, 11) is -4.25. The third kappa shape index (κ3) is 3.74. The molecule has 2 aromatic rings. The van der Waals surface area contributed by atoms with Crippen molar-refractivity contribution in [3.63, 3.8) is 0 Å². The molecule has 0 aliphatic heterocycles. The number of nitrogens with zero attached hydrogens (tertiary/aromatic N) is 2. The van der Waals surface area contributed by atoms with Gasteiger partial charge in [-0.05, 0) is 18.9 Å². The molecule has 9 heteroatoms. The van der Waals surface area contributed by atoms with Crippen LogP contribution < -0.4 is 4.18 Å². The molecule has 0 saturated carbocycles. The van der Waals surface area contributed by atoms with Crippen molar-refractivity contribution in [3.05, 3.63) is 39.8 Å². The van der Waals surface area contributed by atoms with E-state index in [4.69, 9.17) is 27.4 Å². The largest absolute Gasteiger partial charge is 0.378 e. The lowest BCUT2D eigenvalue weighted by molar-refractivity contribution is 0.111. The van der Waals surface area contributed by atoms with E-state index in [1.165, 1.54) is 18.2 Å². The van der Waals surface area contributed by atoms with Crippen LogP contribution in [0.1, 0.15) is 43.0 Å². The zero-order valence-electron chi connectivity index (χ0n) is 13.3. The molecule has 2 rings (SSSR count). The van der Waals surface area contributed by atoms with Crippen LogP contribution in [0, 0.1) is 0 Å². The number of halogens is 2. The Kier molecular flexibility index (Phi) is 5.57. The molecule has 24 heavy (non-hydrogen) atoms. The van der Waals surface area contributed by atoms with Crippen molar-refractivity contribution in [2.45, 2.75) is 38.3 Å². The minimum atomic E-state index is -4.25. The predicted octanol–water partition coefficient (Wildman–Crippen LogP) is 3.91. The van der Waals surface area contributed by atoms with Gasteiger partial charge in [0.25, 0.3) is 0 Å². The average molecular weight is 391 g/mol. The maximum absolute atomic E-state index is 12.6. The van der Waals surface area contributed by atoms with Gasteiger partial charge in [-0.3, -0.25) is 4.79 Å². The fraction of sp³-hybridized carbons (Fsp3) is 0.333. The lowest BCUT2D eigenvalue weighted by Crippen LogP contribution is -2.14. The molecule has 0 radical (unpaired) electrons. The molecule has 0 atom stereocenters. The second-order valence-electron chi connectivity index (χ2n) is 5.32. The van der Waals surface area contributed by atoms with E-state index in [1.807, 2.05) is 13.8 Å². The number of hydrogen-bond donors (Lipinski definition) is 0. The number of carbonyl (C=O) groups excluding carboxylic acids is 1. The molecule has 0 N–H and O–H groups in total. The molecule has 6 nitrogen and oxygen atoms in total. The number of aromatic nitrogens is 2. The number of imidazole rings is 1. The van der Waals surface area contributed by atoms with E-state index < -0.39 is 10.1 Å². The molecule has 0 bridgehead atoms. The van der Waals surface area contributed by atoms with Crippen LogP contribution in [0.5, 0.6) is 5.75 Å². The van der Waals surface area contributed by atoms with Gasteiger partial charge in [0.1, 0.15) is 5.75 Å². The summed E-state index contributed by atoms with van der Waals surface area (Å²) in [5.74, 6) is -0.170. The van der Waals surface area contributed by atoms with Crippen molar-refractivity contribution in [3.8, 4) is 5.75 Å². The highest BCUT2D eigenvalue weighted by Gasteiger charge is 2.30. The first-order chi connectivity index (χ1) is 11.2. The van der Waals surface area contributed by atoms with E-state index in [0.717, 1.165) is 0 Å². The Balaban J connectivity index is 2.56. The molecular formula is C15H16Cl2N2O4S. The van der Waals surface area contributed by atoms with E-state index in [2.05, 4.69) is 4.98 Å². The Morgan fingerprint density at radius 1 is 1.25 bits per heavy atom. The molecule has 1 aromatic carbocycles. The standard InChI is InChI=1S/C15H16Cl2N2O4S/c1-4-19-13(8-20)18-15(14(19)9(2)3)24(21,22)23-12-6-10(16)5-11(17)7-12/h5-9H,4H2,1-3H3. The molecule has 130 valence electrons. The van der Waals surface area contributed by atoms with Crippen LogP contribution in [-0.2, 0) is 16.7 Å². The molecule has 0 amide bonds. The monoisotopic (exact) mass is 390 g/mol. The Morgan fingerprint density at radius 2 is 1.83 bits per heavy atom. The Morgan fingerprint density at radius 3 is 2.29 bits per heavy atom. The normalized spacial score (nSPS) is 11.8. The molecule has 1 aromatic heterocycles. The van der Waals surface area contributed by atoms with Crippen molar-refractivity contribution < 1.29 is 17.4 Å². The summed E-state index contributed by atoms with van der Waals surface area (Å²) >= 11 is 11.7. The third-order valence-electron chi connectivity index (χ3n) is 3.25. The number of rotatable bonds is 6. The quantitative estimate of drug-likeness (QED) is 0.551. The zero-order valence-corrected chi connectivity index (χ0v) is 15.6. The van der Waals surface area contributed by atoms with E-state index in [-0.39, 0.29) is 32.6 Å². The number of benzene rings is 1. The van der Waals surface area contributed by atoms with Crippen LogP contribution in [0.15, 0.2) is 23.2 Å². The molecule has 1 heterocycles. The summed E-state index contributed by atoms with van der Waals surface area (Å²) < 4.78 is 32.0. The van der Waals surface area contributed by atoms with Gasteiger partial charge in [-0.2, -0.15) is 8.42 Å². The van der Waals surface area contributed by atoms with Gasteiger partial charge < -0.3 is 8.75 Å². The van der Waals surface area contributed by atoms with Crippen molar-refractivity contribution in [1.82, 2.24) is 9.55 Å². The number of carbonyl (C=O) groups is 1. The highest BCUT2D eigenvalue weighted by molar-refractivity contribution is 7.87. The van der Waals surface area contributed by atoms with Crippen LogP contribution in [0.3, 0.4) is 0 Å². The lowest BCUT2D eigenvalue weighted by atomic mass is 10.1. The molecule has 0 saturated heterocycles. The van der Waals surface area contributed by atoms with E-state index in [9.17, 15) is 13.2 Å². The first kappa shape index (κ1) is 18.8. The Hall–Kier alpha value is -1.57. The maximum atomic E-state index is 12.6. The predicted molar refractivity (Wildman–Crippen MR) is 91.7 cm³/mol. The minimum absolute atomic E-state index is 0.0269. The van der Waals surface area contributed by atoms with E-state index in [0.29, 0.717) is 18.5 Å². The second-order valence-corrected chi connectivity index (χ2v) is 7.65. The van der Waals surface area contributed by atoms with Gasteiger partial charge in [-0.1, -0.05) is 37.0 Å². The zero-order chi connectivity index (χ0) is 18.1. The fourth-order valence-corrected chi connectivity index (χ4v) is 4.11. The molecule has 0 spiro atoms. The Bertz CT molecular complexity index is 856. The summed E-state index contributed by atoms with van der Waals surface area (Å²) in [6.45, 7) is 5.84. The van der Waals surface area contributed by atoms with Crippen LogP contribution in [0.2, 0.25) is 10.0 Å². The SMILES string of the molecule is CCn1c(C=O)nc(S(=O)(=O)Oc2cc(Cl)cc(Cl)c2)c1C(C)C. The van der Waals surface area contributed by atoms with Crippen LogP contribution >= 0.6 is 23.2 Å². The van der Waals surface area contributed by atoms with E-state index >= 15 is 0 Å². The molecule has 0 aliphatic carbocycles. The first-order valence-electron chi connectivity index (χ1n) is 7.15. The van der Waals surface area contributed by atoms with Gasteiger partial charge in [-0.15, -0.1) is 0 Å². The smallest absolute Gasteiger partial charge is 0.358 e. The highest BCUT2D eigenvalue weighted by Crippen LogP contribution is 2.30. The topological polar surface area (TPSA) is 78.3 Å². The van der Waals surface area contributed by atoms with Crippen molar-refractivity contribution in [2.75, 3.05) is 0 Å². The van der Waals surface area contributed by atoms with Crippen LogP contribution in [0.25, 0.3) is 0 Å². The summed E-state index contributed by atoms with van der Waals surface area (Å²) in [5.41, 5.74) is 0.410. The summed E-state index contributed by atoms with van der Waals surface area (Å²) in [6.07, 6.45) is 0.519.